The number of anilines is 1. The van der Waals surface area contributed by atoms with Gasteiger partial charge < -0.3 is 10.2 Å². The molecule has 4 nitrogen and oxygen atoms in total. The standard InChI is InChI=1S/C13H16Cl2N2O2/c1-8(2)17(9(3)18)7-12(19)16-13-10(14)5-4-6-11(13)15/h4-6,8H,7H2,1-3H3,(H,16,19). The molecule has 0 saturated carbocycles. The Morgan fingerprint density at radius 3 is 2.21 bits per heavy atom. The lowest BCUT2D eigenvalue weighted by Crippen LogP contribution is -2.41. The van der Waals surface area contributed by atoms with Crippen LogP contribution in [0.2, 0.25) is 10.0 Å². The molecule has 0 radical (unpaired) electrons. The number of rotatable bonds is 4. The van der Waals surface area contributed by atoms with E-state index in [4.69, 9.17) is 23.2 Å². The summed E-state index contributed by atoms with van der Waals surface area (Å²) in [4.78, 5) is 24.8. The number of para-hydroxylation sites is 1. The minimum atomic E-state index is -0.334. The van der Waals surface area contributed by atoms with Gasteiger partial charge in [-0.05, 0) is 26.0 Å². The molecular weight excluding hydrogens is 287 g/mol. The van der Waals surface area contributed by atoms with Crippen LogP contribution in [-0.4, -0.2) is 29.3 Å². The van der Waals surface area contributed by atoms with Crippen LogP contribution in [0.5, 0.6) is 0 Å². The fraction of sp³-hybridized carbons (Fsp3) is 0.385. The first kappa shape index (κ1) is 15.8. The van der Waals surface area contributed by atoms with Crippen molar-refractivity contribution >= 4 is 40.7 Å². The van der Waals surface area contributed by atoms with E-state index in [2.05, 4.69) is 5.32 Å². The highest BCUT2D eigenvalue weighted by Gasteiger charge is 2.18. The van der Waals surface area contributed by atoms with Crippen molar-refractivity contribution in [1.82, 2.24) is 4.90 Å². The molecule has 0 atom stereocenters. The lowest BCUT2D eigenvalue weighted by Gasteiger charge is -2.24. The van der Waals surface area contributed by atoms with Gasteiger partial charge in [-0.25, -0.2) is 0 Å². The van der Waals surface area contributed by atoms with Crippen LogP contribution in [0.25, 0.3) is 0 Å². The van der Waals surface area contributed by atoms with Gasteiger partial charge in [0.05, 0.1) is 15.7 Å². The molecule has 0 saturated heterocycles. The monoisotopic (exact) mass is 302 g/mol. The van der Waals surface area contributed by atoms with E-state index >= 15 is 0 Å². The van der Waals surface area contributed by atoms with Crippen LogP contribution >= 0.6 is 23.2 Å². The maximum atomic E-state index is 11.9. The average molecular weight is 303 g/mol. The largest absolute Gasteiger partial charge is 0.331 e. The summed E-state index contributed by atoms with van der Waals surface area (Å²) in [5.74, 6) is -0.491. The third-order valence-corrected chi connectivity index (χ3v) is 3.20. The zero-order valence-corrected chi connectivity index (χ0v) is 12.5. The van der Waals surface area contributed by atoms with E-state index in [1.54, 1.807) is 18.2 Å². The van der Waals surface area contributed by atoms with Gasteiger partial charge >= 0.3 is 0 Å². The molecule has 2 amide bonds. The van der Waals surface area contributed by atoms with Crippen molar-refractivity contribution < 1.29 is 9.59 Å². The van der Waals surface area contributed by atoms with Crippen molar-refractivity contribution in [3.8, 4) is 0 Å². The summed E-state index contributed by atoms with van der Waals surface area (Å²) >= 11 is 11.9. The highest BCUT2D eigenvalue weighted by molar-refractivity contribution is 6.39. The highest BCUT2D eigenvalue weighted by atomic mass is 35.5. The quantitative estimate of drug-likeness (QED) is 0.928. The molecule has 104 valence electrons. The van der Waals surface area contributed by atoms with Crippen molar-refractivity contribution in [2.45, 2.75) is 26.8 Å². The van der Waals surface area contributed by atoms with Gasteiger partial charge in [0.2, 0.25) is 11.8 Å². The van der Waals surface area contributed by atoms with E-state index in [9.17, 15) is 9.59 Å². The number of nitrogens with zero attached hydrogens (tertiary/aromatic N) is 1. The second-order valence-electron chi connectivity index (χ2n) is 4.39. The molecule has 0 heterocycles. The maximum Gasteiger partial charge on any atom is 0.244 e. The number of hydrogen-bond donors (Lipinski definition) is 1. The topological polar surface area (TPSA) is 49.4 Å². The molecule has 0 aliphatic heterocycles. The van der Waals surface area contributed by atoms with Crippen molar-refractivity contribution in [1.29, 1.82) is 0 Å². The van der Waals surface area contributed by atoms with Crippen LogP contribution in [0.15, 0.2) is 18.2 Å². The summed E-state index contributed by atoms with van der Waals surface area (Å²) < 4.78 is 0. The zero-order valence-electron chi connectivity index (χ0n) is 11.0. The molecule has 19 heavy (non-hydrogen) atoms. The third-order valence-electron chi connectivity index (χ3n) is 2.57. The van der Waals surface area contributed by atoms with E-state index in [1.165, 1.54) is 11.8 Å². The smallest absolute Gasteiger partial charge is 0.244 e. The van der Waals surface area contributed by atoms with Gasteiger partial charge in [0.25, 0.3) is 0 Å². The lowest BCUT2D eigenvalue weighted by molar-refractivity contribution is -0.134. The van der Waals surface area contributed by atoms with Gasteiger partial charge in [0, 0.05) is 13.0 Å². The zero-order chi connectivity index (χ0) is 14.6. The number of halogens is 2. The van der Waals surface area contributed by atoms with Crippen LogP contribution < -0.4 is 5.32 Å². The van der Waals surface area contributed by atoms with Crippen molar-refractivity contribution in [2.75, 3.05) is 11.9 Å². The van der Waals surface area contributed by atoms with Crippen LogP contribution in [0.1, 0.15) is 20.8 Å². The molecule has 0 bridgehead atoms. The van der Waals surface area contributed by atoms with E-state index < -0.39 is 0 Å². The van der Waals surface area contributed by atoms with Crippen molar-refractivity contribution in [3.63, 3.8) is 0 Å². The number of benzene rings is 1. The Morgan fingerprint density at radius 2 is 1.79 bits per heavy atom. The Bertz CT molecular complexity index is 469. The third kappa shape index (κ3) is 4.40. The van der Waals surface area contributed by atoms with Gasteiger partial charge in [0.1, 0.15) is 6.54 Å². The molecule has 0 aliphatic carbocycles. The molecule has 1 aromatic carbocycles. The summed E-state index contributed by atoms with van der Waals surface area (Å²) in [5, 5.41) is 3.34. The van der Waals surface area contributed by atoms with Gasteiger partial charge in [0.15, 0.2) is 0 Å². The molecule has 6 heteroatoms. The van der Waals surface area contributed by atoms with Crippen LogP contribution in [-0.2, 0) is 9.59 Å². The van der Waals surface area contributed by atoms with Crippen LogP contribution in [0.3, 0.4) is 0 Å². The first-order chi connectivity index (χ1) is 8.82. The molecule has 1 aromatic rings. The normalized spacial score (nSPS) is 10.4. The van der Waals surface area contributed by atoms with Gasteiger partial charge in [-0.15, -0.1) is 0 Å². The predicted molar refractivity (Wildman–Crippen MR) is 77.6 cm³/mol. The summed E-state index contributed by atoms with van der Waals surface area (Å²) in [7, 11) is 0. The molecule has 0 fully saturated rings. The fourth-order valence-corrected chi connectivity index (χ4v) is 2.10. The summed E-state index contributed by atoms with van der Waals surface area (Å²) in [6.07, 6.45) is 0. The molecule has 0 aliphatic rings. The Balaban J connectivity index is 2.78. The minimum absolute atomic E-state index is 0.0332. The van der Waals surface area contributed by atoms with Crippen molar-refractivity contribution in [3.05, 3.63) is 28.2 Å². The molecule has 1 rings (SSSR count). The Morgan fingerprint density at radius 1 is 1.26 bits per heavy atom. The van der Waals surface area contributed by atoms with Gasteiger partial charge in [-0.1, -0.05) is 29.3 Å². The van der Waals surface area contributed by atoms with E-state index in [1.807, 2.05) is 13.8 Å². The number of carbonyl (C=O) groups excluding carboxylic acids is 2. The van der Waals surface area contributed by atoms with Crippen LogP contribution in [0.4, 0.5) is 5.69 Å². The molecule has 0 spiro atoms. The molecule has 0 unspecified atom stereocenters. The Kier molecular flexibility index (Phi) is 5.63. The lowest BCUT2D eigenvalue weighted by atomic mass is 10.3. The summed E-state index contributed by atoms with van der Waals surface area (Å²) in [6.45, 7) is 5.08. The van der Waals surface area contributed by atoms with Gasteiger partial charge in [-0.3, -0.25) is 9.59 Å². The summed E-state index contributed by atoms with van der Waals surface area (Å²) in [6, 6.07) is 4.91. The van der Waals surface area contributed by atoms with E-state index in [0.717, 1.165) is 0 Å². The Labute approximate surface area is 122 Å². The number of hydrogen-bond acceptors (Lipinski definition) is 2. The fourth-order valence-electron chi connectivity index (χ4n) is 1.61. The van der Waals surface area contributed by atoms with Crippen molar-refractivity contribution in [2.24, 2.45) is 0 Å². The second kappa shape index (κ2) is 6.78. The van der Waals surface area contributed by atoms with Gasteiger partial charge in [-0.2, -0.15) is 0 Å². The highest BCUT2D eigenvalue weighted by Crippen LogP contribution is 2.29. The maximum absolute atomic E-state index is 11.9. The molecule has 0 aromatic heterocycles. The molecular formula is C13H16Cl2N2O2. The first-order valence-corrected chi connectivity index (χ1v) is 6.59. The number of amides is 2. The van der Waals surface area contributed by atoms with E-state index in [-0.39, 0.29) is 24.4 Å². The summed E-state index contributed by atoms with van der Waals surface area (Å²) in [5.41, 5.74) is 0.364. The average Bonchev–Trinajstić information content (AvgIpc) is 2.30. The second-order valence-corrected chi connectivity index (χ2v) is 5.20. The number of carbonyl (C=O) groups is 2. The first-order valence-electron chi connectivity index (χ1n) is 5.84. The predicted octanol–water partition coefficient (Wildman–Crippen LogP) is 3.19. The SMILES string of the molecule is CC(=O)N(CC(=O)Nc1c(Cl)cccc1Cl)C(C)C. The van der Waals surface area contributed by atoms with Crippen LogP contribution in [0, 0.1) is 0 Å². The number of nitrogens with one attached hydrogen (secondary N) is 1. The van der Waals surface area contributed by atoms with E-state index in [0.29, 0.717) is 15.7 Å². The minimum Gasteiger partial charge on any atom is -0.331 e. The Hall–Kier alpha value is -1.26. The molecule has 1 N–H and O–H groups in total.